The van der Waals surface area contributed by atoms with Crippen LogP contribution in [0.1, 0.15) is 261 Å². The average Bonchev–Trinajstić information content (AvgIpc) is 3.59. The maximum absolute atomic E-state index is 10.1. The first-order valence-electron chi connectivity index (χ1n) is 32.2. The van der Waals surface area contributed by atoms with Crippen molar-refractivity contribution in [3.05, 3.63) is 65.2 Å². The topological polar surface area (TPSA) is 195 Å². The summed E-state index contributed by atoms with van der Waals surface area (Å²) in [6, 6.07) is 16.1. The van der Waals surface area contributed by atoms with E-state index in [0.29, 0.717) is 48.9 Å². The molecule has 84 heavy (non-hydrogen) atoms. The Kier molecular flexibility index (Phi) is 42.5. The number of aliphatic imine (C=N–C) groups is 1. The van der Waals surface area contributed by atoms with E-state index in [1.807, 2.05) is 30.5 Å². The zero-order chi connectivity index (χ0) is 63.3. The van der Waals surface area contributed by atoms with E-state index in [-0.39, 0.29) is 16.9 Å². The number of unbranched alkanes of at least 4 members (excludes halogenated alkanes) is 4. The van der Waals surface area contributed by atoms with Crippen molar-refractivity contribution in [2.75, 3.05) is 26.4 Å². The Hall–Kier alpha value is -5.73. The molecule has 0 amide bonds. The molecule has 5 rings (SSSR count). The minimum absolute atomic E-state index is 0.129. The number of nitrogens with zero attached hydrogens (tertiary/aromatic N) is 6. The number of ether oxygens (including phenoxy) is 5. The lowest BCUT2D eigenvalue weighted by atomic mass is 9.61. The number of carbonyl (C=O) groups excluding carboxylic acids is 1. The number of benzene rings is 2. The summed E-state index contributed by atoms with van der Waals surface area (Å²) >= 11 is 0. The van der Waals surface area contributed by atoms with Gasteiger partial charge >= 0.3 is 0 Å². The summed E-state index contributed by atoms with van der Waals surface area (Å²) in [5.41, 5.74) is 4.87. The van der Waals surface area contributed by atoms with E-state index in [1.54, 1.807) is 31.1 Å². The number of rotatable bonds is 26. The van der Waals surface area contributed by atoms with E-state index in [4.69, 9.17) is 45.3 Å². The molecule has 0 bridgehead atoms. The van der Waals surface area contributed by atoms with Crippen LogP contribution in [0.25, 0.3) is 0 Å². The molecule has 0 spiro atoms. The summed E-state index contributed by atoms with van der Waals surface area (Å²) in [6.07, 6.45) is 40.2. The maximum Gasteiger partial charge on any atom is 0.292 e. The zero-order valence-electron chi connectivity index (χ0n) is 55.6. The fourth-order valence-corrected chi connectivity index (χ4v) is 13.4. The SMILES string of the molecule is CC1CC(C)(C)CC(C)(CN=C=O)C1.CC1CCC(CC2CCC(OC#N)CC2)CC1.CCCC(C)(C)CC(C)COC#N.CCCC(C)CC(C)(C)COC#N.CCCCCCCOC#N.Cc1ccc(Cc2ccc(OC#N)cc2)cc1. The Morgan fingerprint density at radius 1 is 0.631 bits per heavy atom. The molecule has 0 aliphatic heterocycles. The molecule has 12 heteroatoms. The minimum atomic E-state index is 0.129. The smallest absolute Gasteiger partial charge is 0.292 e. The third kappa shape index (κ3) is 41.3. The molecule has 12 nitrogen and oxygen atoms in total. The van der Waals surface area contributed by atoms with E-state index in [0.717, 1.165) is 74.5 Å². The normalized spacial score (nSPS) is 21.0. The van der Waals surface area contributed by atoms with Crippen molar-refractivity contribution in [3.63, 3.8) is 0 Å². The van der Waals surface area contributed by atoms with Crippen molar-refractivity contribution in [1.29, 1.82) is 26.3 Å². The van der Waals surface area contributed by atoms with E-state index in [1.165, 1.54) is 126 Å². The molecule has 470 valence electrons. The van der Waals surface area contributed by atoms with E-state index >= 15 is 0 Å². The van der Waals surface area contributed by atoms with Gasteiger partial charge in [-0.25, -0.2) is 9.79 Å². The van der Waals surface area contributed by atoms with Crippen molar-refractivity contribution < 1.29 is 28.5 Å². The van der Waals surface area contributed by atoms with Crippen LogP contribution in [-0.4, -0.2) is 38.5 Å². The van der Waals surface area contributed by atoms with Crippen LogP contribution in [0.2, 0.25) is 0 Å². The number of hydrogen-bond acceptors (Lipinski definition) is 12. The molecule has 3 saturated carbocycles. The van der Waals surface area contributed by atoms with Crippen LogP contribution in [0.15, 0.2) is 53.5 Å². The molecule has 0 heterocycles. The number of isocyanates is 1. The summed E-state index contributed by atoms with van der Waals surface area (Å²) < 4.78 is 23.8. The summed E-state index contributed by atoms with van der Waals surface area (Å²) in [5.74, 6) is 5.39. The minimum Gasteiger partial charge on any atom is -0.428 e. The van der Waals surface area contributed by atoms with Gasteiger partial charge in [-0.15, -0.1) is 5.26 Å². The van der Waals surface area contributed by atoms with Crippen LogP contribution in [0, 0.1) is 122 Å². The Labute approximate surface area is 513 Å². The third-order valence-electron chi connectivity index (χ3n) is 16.5. The highest BCUT2D eigenvalue weighted by Gasteiger charge is 2.39. The molecular formula is C72H116N6O6. The largest absolute Gasteiger partial charge is 0.428 e. The van der Waals surface area contributed by atoms with Crippen molar-refractivity contribution in [1.82, 2.24) is 0 Å². The zero-order valence-corrected chi connectivity index (χ0v) is 55.6. The van der Waals surface area contributed by atoms with Gasteiger partial charge in [-0.2, -0.15) is 21.0 Å². The number of nitriles is 5. The molecule has 4 unspecified atom stereocenters. The molecule has 0 N–H and O–H groups in total. The molecule has 2 aromatic carbocycles. The van der Waals surface area contributed by atoms with Crippen molar-refractivity contribution in [2.24, 2.45) is 62.2 Å². The Morgan fingerprint density at radius 3 is 1.70 bits per heavy atom. The molecule has 2 aromatic rings. The predicted octanol–water partition coefficient (Wildman–Crippen LogP) is 20.0. The van der Waals surface area contributed by atoms with Crippen molar-refractivity contribution in [3.8, 4) is 37.0 Å². The summed E-state index contributed by atoms with van der Waals surface area (Å²) in [7, 11) is 0. The highest BCUT2D eigenvalue weighted by atomic mass is 16.5. The van der Waals surface area contributed by atoms with Gasteiger partial charge in [0.2, 0.25) is 6.08 Å². The van der Waals surface area contributed by atoms with Crippen LogP contribution < -0.4 is 4.74 Å². The second-order valence-corrected chi connectivity index (χ2v) is 27.9. The first-order chi connectivity index (χ1) is 39.9. The van der Waals surface area contributed by atoms with Crippen LogP contribution in [0.5, 0.6) is 5.75 Å². The fraction of sp³-hybridized carbons (Fsp3) is 0.750. The summed E-state index contributed by atoms with van der Waals surface area (Å²) in [5, 5.41) is 41.4. The van der Waals surface area contributed by atoms with Crippen LogP contribution >= 0.6 is 0 Å². The molecule has 4 atom stereocenters. The quantitative estimate of drug-likeness (QED) is 0.0376. The lowest BCUT2D eigenvalue weighted by Gasteiger charge is -2.45. The summed E-state index contributed by atoms with van der Waals surface area (Å²) in [4.78, 5) is 13.9. The van der Waals surface area contributed by atoms with Crippen molar-refractivity contribution in [2.45, 2.75) is 264 Å². The first-order valence-corrected chi connectivity index (χ1v) is 32.2. The number of hydrogen-bond donors (Lipinski definition) is 0. The van der Waals surface area contributed by atoms with Crippen LogP contribution in [0.3, 0.4) is 0 Å². The molecule has 0 radical (unpaired) electrons. The highest BCUT2D eigenvalue weighted by molar-refractivity contribution is 5.33. The molecule has 3 aliphatic carbocycles. The van der Waals surface area contributed by atoms with Gasteiger partial charge in [0.25, 0.3) is 31.3 Å². The average molecular weight is 1160 g/mol. The first kappa shape index (κ1) is 78.3. The third-order valence-corrected chi connectivity index (χ3v) is 16.5. The van der Waals surface area contributed by atoms with E-state index in [2.05, 4.69) is 138 Å². The standard InChI is InChI=1S/C15H25NO.C15H13NO.C12H21NO.2C11H21NO.C8H15NO/c2*1-12-2-4-13(5-3-12)10-14-6-8-15(9-7-14)17-11-16;1-10-5-11(2,3)7-12(4,6-10)8-13-9-14;1-5-6-11(3,4)7-10(2)8-13-9-12;1-5-6-10(2)7-11(3,4)8-13-9-12;1-2-3-4-5-6-7-10-8-9/h12-15H,2-10H2,1H3;2-9H,10H2,1H3;10H,5-8H2,1-4H3;2*10H,5-8H2,1-4H3;2-7H2,1H3. The van der Waals surface area contributed by atoms with Crippen molar-refractivity contribution >= 4 is 6.08 Å². The van der Waals surface area contributed by atoms with Gasteiger partial charge in [0.1, 0.15) is 31.7 Å². The van der Waals surface area contributed by atoms with Gasteiger partial charge in [-0.1, -0.05) is 210 Å². The fourth-order valence-electron chi connectivity index (χ4n) is 13.4. The van der Waals surface area contributed by atoms with E-state index < -0.39 is 0 Å². The lowest BCUT2D eigenvalue weighted by molar-refractivity contribution is 0.0680. The van der Waals surface area contributed by atoms with Crippen LogP contribution in [0.4, 0.5) is 0 Å². The second kappa shape index (κ2) is 45.6. The number of aryl methyl sites for hydroxylation is 1. The van der Waals surface area contributed by atoms with Gasteiger partial charge in [-0.3, -0.25) is 0 Å². The van der Waals surface area contributed by atoms with E-state index in [9.17, 15) is 4.79 Å². The molecule has 0 aromatic heterocycles. The molecule has 0 saturated heterocycles. The maximum atomic E-state index is 10.1. The van der Waals surface area contributed by atoms with Crippen LogP contribution in [-0.2, 0) is 30.2 Å². The van der Waals surface area contributed by atoms with Gasteiger partial charge in [0.05, 0.1) is 6.54 Å². The molecular weight excluding hydrogens is 1040 g/mol. The van der Waals surface area contributed by atoms with Gasteiger partial charge in [0.15, 0.2) is 0 Å². The Morgan fingerprint density at radius 2 is 1.19 bits per heavy atom. The highest BCUT2D eigenvalue weighted by Crippen LogP contribution is 2.48. The molecule has 3 fully saturated rings. The second-order valence-electron chi connectivity index (χ2n) is 27.9. The molecule has 3 aliphatic rings. The summed E-state index contributed by atoms with van der Waals surface area (Å²) in [6.45, 7) is 35.8. The Bertz CT molecular complexity index is 2240. The van der Waals surface area contributed by atoms with Gasteiger partial charge in [0, 0.05) is 5.41 Å². The van der Waals surface area contributed by atoms with Gasteiger partial charge in [-0.05, 0) is 165 Å². The monoisotopic (exact) mass is 1160 g/mol. The van der Waals surface area contributed by atoms with Gasteiger partial charge < -0.3 is 23.7 Å². The predicted molar refractivity (Wildman–Crippen MR) is 341 cm³/mol. The Balaban J connectivity index is 0.000000993. The lowest BCUT2D eigenvalue weighted by Crippen LogP contribution is -2.36.